The van der Waals surface area contributed by atoms with Gasteiger partial charge in [0, 0.05) is 25.5 Å². The van der Waals surface area contributed by atoms with Crippen LogP contribution in [0.4, 0.5) is 0 Å². The van der Waals surface area contributed by atoms with Crippen LogP contribution in [0.3, 0.4) is 0 Å². The Kier molecular flexibility index (Phi) is 5.60. The monoisotopic (exact) mass is 299 g/mol. The Bertz CT molecular complexity index is 612. The van der Waals surface area contributed by atoms with E-state index in [1.54, 1.807) is 24.0 Å². The number of fused-ring (bicyclic) bond motifs is 1. The van der Waals surface area contributed by atoms with Gasteiger partial charge in [-0.3, -0.25) is 4.79 Å². The third-order valence-electron chi connectivity index (χ3n) is 3.69. The summed E-state index contributed by atoms with van der Waals surface area (Å²) in [5, 5.41) is 0. The van der Waals surface area contributed by atoms with Gasteiger partial charge in [-0.1, -0.05) is 30.4 Å². The van der Waals surface area contributed by atoms with E-state index in [0.717, 1.165) is 25.7 Å². The Labute approximate surface area is 131 Å². The van der Waals surface area contributed by atoms with E-state index in [4.69, 9.17) is 4.74 Å². The SMILES string of the molecule is CC(=O)N1CCCCCC#Cc2ccccc2C(=O)OC1C. The Balaban J connectivity index is 2.29. The molecule has 0 bridgehead atoms. The Morgan fingerprint density at radius 3 is 2.82 bits per heavy atom. The molecule has 0 fully saturated rings. The van der Waals surface area contributed by atoms with Crippen LogP contribution in [0.1, 0.15) is 55.5 Å². The third kappa shape index (κ3) is 4.11. The van der Waals surface area contributed by atoms with E-state index >= 15 is 0 Å². The number of rotatable bonds is 0. The molecule has 4 nitrogen and oxygen atoms in total. The van der Waals surface area contributed by atoms with Gasteiger partial charge in [-0.2, -0.15) is 0 Å². The fourth-order valence-electron chi connectivity index (χ4n) is 2.48. The van der Waals surface area contributed by atoms with E-state index in [2.05, 4.69) is 11.8 Å². The van der Waals surface area contributed by atoms with Crippen LogP contribution in [-0.2, 0) is 9.53 Å². The average Bonchev–Trinajstić information content (AvgIpc) is 2.50. The molecule has 1 heterocycles. The van der Waals surface area contributed by atoms with Crippen LogP contribution in [0.2, 0.25) is 0 Å². The number of amides is 1. The zero-order valence-corrected chi connectivity index (χ0v) is 13.1. The maximum Gasteiger partial charge on any atom is 0.341 e. The van der Waals surface area contributed by atoms with Gasteiger partial charge in [-0.25, -0.2) is 4.79 Å². The minimum Gasteiger partial charge on any atom is -0.438 e. The van der Waals surface area contributed by atoms with E-state index in [9.17, 15) is 9.59 Å². The maximum atomic E-state index is 12.4. The molecule has 1 aromatic rings. The van der Waals surface area contributed by atoms with Crippen LogP contribution in [-0.4, -0.2) is 29.5 Å². The lowest BCUT2D eigenvalue weighted by Gasteiger charge is -2.27. The molecule has 0 N–H and O–H groups in total. The van der Waals surface area contributed by atoms with Crippen molar-refractivity contribution in [2.24, 2.45) is 0 Å². The summed E-state index contributed by atoms with van der Waals surface area (Å²) in [4.78, 5) is 25.7. The molecule has 1 atom stereocenters. The van der Waals surface area contributed by atoms with Crippen molar-refractivity contribution in [1.82, 2.24) is 4.90 Å². The van der Waals surface area contributed by atoms with Crippen LogP contribution in [0.15, 0.2) is 24.3 Å². The molecule has 0 radical (unpaired) electrons. The zero-order valence-electron chi connectivity index (χ0n) is 13.1. The number of cyclic esters (lactones) is 1. The van der Waals surface area contributed by atoms with Crippen molar-refractivity contribution in [2.45, 2.75) is 45.8 Å². The molecule has 0 saturated carbocycles. The molecule has 22 heavy (non-hydrogen) atoms. The van der Waals surface area contributed by atoms with E-state index in [1.807, 2.05) is 12.1 Å². The van der Waals surface area contributed by atoms with Crippen molar-refractivity contribution in [2.75, 3.05) is 6.54 Å². The number of benzene rings is 1. The standard InChI is InChI=1S/C18H21NO3/c1-14(20)19-13-9-5-3-4-6-10-16-11-7-8-12-17(16)18(21)22-15(19)2/h7-8,11-12,15H,3-5,9,13H2,1-2H3. The number of ether oxygens (including phenoxy) is 1. The van der Waals surface area contributed by atoms with E-state index < -0.39 is 12.2 Å². The van der Waals surface area contributed by atoms with Gasteiger partial charge in [0.1, 0.15) is 0 Å². The summed E-state index contributed by atoms with van der Waals surface area (Å²) in [6, 6.07) is 7.16. The molecule has 4 heteroatoms. The Morgan fingerprint density at radius 1 is 1.27 bits per heavy atom. The highest BCUT2D eigenvalue weighted by molar-refractivity contribution is 5.92. The quantitative estimate of drug-likeness (QED) is 0.546. The van der Waals surface area contributed by atoms with Crippen LogP contribution in [0, 0.1) is 11.8 Å². The van der Waals surface area contributed by atoms with E-state index in [0.29, 0.717) is 17.7 Å². The molecule has 1 unspecified atom stereocenters. The van der Waals surface area contributed by atoms with Gasteiger partial charge >= 0.3 is 5.97 Å². The smallest absolute Gasteiger partial charge is 0.341 e. The summed E-state index contributed by atoms with van der Waals surface area (Å²) in [7, 11) is 0. The zero-order chi connectivity index (χ0) is 15.9. The maximum absolute atomic E-state index is 12.4. The van der Waals surface area contributed by atoms with Gasteiger partial charge in [0.15, 0.2) is 6.23 Å². The summed E-state index contributed by atoms with van der Waals surface area (Å²) >= 11 is 0. The van der Waals surface area contributed by atoms with Crippen molar-refractivity contribution >= 4 is 11.9 Å². The molecule has 0 aromatic heterocycles. The van der Waals surface area contributed by atoms with Gasteiger partial charge in [-0.15, -0.1) is 0 Å². The lowest BCUT2D eigenvalue weighted by molar-refractivity contribution is -0.138. The summed E-state index contributed by atoms with van der Waals surface area (Å²) in [5.74, 6) is 5.63. The van der Waals surface area contributed by atoms with E-state index in [-0.39, 0.29) is 5.91 Å². The third-order valence-corrected chi connectivity index (χ3v) is 3.69. The van der Waals surface area contributed by atoms with Crippen LogP contribution >= 0.6 is 0 Å². The first kappa shape index (κ1) is 16.1. The molecule has 0 spiro atoms. The highest BCUT2D eigenvalue weighted by Crippen LogP contribution is 2.14. The normalized spacial score (nSPS) is 19.5. The van der Waals surface area contributed by atoms with E-state index in [1.165, 1.54) is 6.92 Å². The number of hydrogen-bond acceptors (Lipinski definition) is 3. The van der Waals surface area contributed by atoms with Crippen LogP contribution in [0.5, 0.6) is 0 Å². The number of esters is 1. The number of hydrogen-bond donors (Lipinski definition) is 0. The molecular weight excluding hydrogens is 278 g/mol. The molecular formula is C18H21NO3. The van der Waals surface area contributed by atoms with Crippen molar-refractivity contribution in [3.05, 3.63) is 35.4 Å². The molecule has 0 aliphatic carbocycles. The highest BCUT2D eigenvalue weighted by atomic mass is 16.6. The van der Waals surface area contributed by atoms with Crippen LogP contribution in [0.25, 0.3) is 0 Å². The summed E-state index contributed by atoms with van der Waals surface area (Å²) in [6.45, 7) is 3.82. The molecule has 1 aromatic carbocycles. The second kappa shape index (κ2) is 7.65. The van der Waals surface area contributed by atoms with Crippen molar-refractivity contribution in [3.63, 3.8) is 0 Å². The first-order valence-electron chi connectivity index (χ1n) is 7.65. The number of nitrogens with zero attached hydrogens (tertiary/aromatic N) is 1. The Morgan fingerprint density at radius 2 is 2.05 bits per heavy atom. The summed E-state index contributed by atoms with van der Waals surface area (Å²) < 4.78 is 5.46. The van der Waals surface area contributed by atoms with Crippen LogP contribution < -0.4 is 0 Å². The van der Waals surface area contributed by atoms with Gasteiger partial charge < -0.3 is 9.64 Å². The lowest BCUT2D eigenvalue weighted by atomic mass is 10.1. The minimum atomic E-state index is -0.577. The van der Waals surface area contributed by atoms with Gasteiger partial charge in [0.25, 0.3) is 0 Å². The number of carbonyl (C=O) groups is 2. The molecule has 2 rings (SSSR count). The van der Waals surface area contributed by atoms with Gasteiger partial charge in [-0.05, 0) is 31.9 Å². The first-order chi connectivity index (χ1) is 10.6. The molecule has 0 saturated heterocycles. The van der Waals surface area contributed by atoms with Crippen molar-refractivity contribution in [3.8, 4) is 11.8 Å². The highest BCUT2D eigenvalue weighted by Gasteiger charge is 2.22. The van der Waals surface area contributed by atoms with Gasteiger partial charge in [0.05, 0.1) is 5.56 Å². The minimum absolute atomic E-state index is 0.0836. The predicted octanol–water partition coefficient (Wildman–Crippen LogP) is 2.96. The average molecular weight is 299 g/mol. The number of carbonyl (C=O) groups excluding carboxylic acids is 2. The molecule has 1 aliphatic heterocycles. The summed E-state index contributed by atoms with van der Waals surface area (Å²) in [6.07, 6.45) is 3.09. The van der Waals surface area contributed by atoms with Gasteiger partial charge in [0.2, 0.25) is 5.91 Å². The topological polar surface area (TPSA) is 46.6 Å². The second-order valence-electron chi connectivity index (χ2n) is 5.38. The van der Waals surface area contributed by atoms with Crippen molar-refractivity contribution < 1.29 is 14.3 Å². The summed E-state index contributed by atoms with van der Waals surface area (Å²) in [5.41, 5.74) is 1.12. The fourth-order valence-corrected chi connectivity index (χ4v) is 2.48. The predicted molar refractivity (Wildman–Crippen MR) is 84.1 cm³/mol. The fraction of sp³-hybridized carbons (Fsp3) is 0.444. The largest absolute Gasteiger partial charge is 0.438 e. The Hall–Kier alpha value is -2.28. The second-order valence-corrected chi connectivity index (χ2v) is 5.38. The molecule has 116 valence electrons. The molecule has 1 aliphatic rings. The molecule has 1 amide bonds. The van der Waals surface area contributed by atoms with Crippen molar-refractivity contribution in [1.29, 1.82) is 0 Å². The lowest BCUT2D eigenvalue weighted by Crippen LogP contribution is -2.40. The first-order valence-corrected chi connectivity index (χ1v) is 7.65.